The average molecular weight is 327 g/mol. The van der Waals surface area contributed by atoms with Gasteiger partial charge in [-0.2, -0.15) is 13.2 Å². The van der Waals surface area contributed by atoms with Gasteiger partial charge in [0.1, 0.15) is 11.3 Å². The van der Waals surface area contributed by atoms with Gasteiger partial charge in [-0.15, -0.1) is 0 Å². The van der Waals surface area contributed by atoms with Crippen LogP contribution in [0.15, 0.2) is 17.2 Å². The molecular weight excluding hydrogens is 320 g/mol. The zero-order chi connectivity index (χ0) is 15.3. The van der Waals surface area contributed by atoms with Crippen molar-refractivity contribution in [2.24, 2.45) is 0 Å². The number of carbonyl (C=O) groups is 1. The van der Waals surface area contributed by atoms with Crippen LogP contribution in [0.1, 0.15) is 21.5 Å². The lowest BCUT2D eigenvalue weighted by atomic mass is 10.00. The number of benzene rings is 1. The smallest absolute Gasteiger partial charge is 0.449 e. The maximum absolute atomic E-state index is 13.0. The molecule has 3 nitrogen and oxygen atoms in total. The van der Waals surface area contributed by atoms with Crippen LogP contribution in [-0.2, 0) is 0 Å². The van der Waals surface area contributed by atoms with E-state index in [0.717, 1.165) is 6.08 Å². The predicted molar refractivity (Wildman–Crippen MR) is 67.2 cm³/mol. The Hall–Kier alpha value is -1.40. The van der Waals surface area contributed by atoms with Crippen LogP contribution in [0.4, 0.5) is 13.2 Å². The fourth-order valence-corrected chi connectivity index (χ4v) is 2.19. The van der Waals surface area contributed by atoms with E-state index in [1.807, 2.05) is 0 Å². The Labute approximate surface area is 121 Å². The maximum atomic E-state index is 13.0. The molecular formula is C12H7Cl2F3O3. The van der Waals surface area contributed by atoms with Crippen molar-refractivity contribution in [2.75, 3.05) is 0 Å². The highest BCUT2D eigenvalue weighted by Gasteiger charge is 2.60. The molecule has 1 N–H and O–H groups in total. The molecule has 0 aromatic heterocycles. The number of hydrogen-bond donors (Lipinski definition) is 1. The number of fused-ring (bicyclic) bond motifs is 1. The monoisotopic (exact) mass is 326 g/mol. The minimum atomic E-state index is -5.00. The number of carboxylic acid groups (broad SMARTS) is 1. The normalized spacial score (nSPS) is 21.8. The van der Waals surface area contributed by atoms with Gasteiger partial charge in [-0.25, -0.2) is 4.79 Å². The van der Waals surface area contributed by atoms with Gasteiger partial charge >= 0.3 is 17.2 Å². The number of alkyl halides is 4. The Morgan fingerprint density at radius 3 is 2.50 bits per heavy atom. The first-order valence-electron chi connectivity index (χ1n) is 5.27. The van der Waals surface area contributed by atoms with Gasteiger partial charge in [0.2, 0.25) is 0 Å². The third kappa shape index (κ3) is 2.13. The van der Waals surface area contributed by atoms with E-state index in [-0.39, 0.29) is 16.7 Å². The first kappa shape index (κ1) is 15.0. The molecule has 1 aliphatic heterocycles. The van der Waals surface area contributed by atoms with Crippen molar-refractivity contribution in [1.29, 1.82) is 0 Å². The molecule has 1 atom stereocenters. The summed E-state index contributed by atoms with van der Waals surface area (Å²) in [7, 11) is 0. The summed E-state index contributed by atoms with van der Waals surface area (Å²) >= 11 is 11.0. The highest BCUT2D eigenvalue weighted by molar-refractivity contribution is 6.41. The van der Waals surface area contributed by atoms with Gasteiger partial charge in [0.25, 0.3) is 0 Å². The van der Waals surface area contributed by atoms with Crippen molar-refractivity contribution in [2.45, 2.75) is 18.2 Å². The molecule has 0 bridgehead atoms. The molecule has 0 saturated heterocycles. The summed E-state index contributed by atoms with van der Waals surface area (Å²) in [6.45, 7) is 1.44. The Kier molecular flexibility index (Phi) is 3.42. The third-order valence-electron chi connectivity index (χ3n) is 2.81. The van der Waals surface area contributed by atoms with Crippen LogP contribution in [0, 0.1) is 6.92 Å². The van der Waals surface area contributed by atoms with Crippen LogP contribution in [-0.4, -0.2) is 22.3 Å². The summed E-state index contributed by atoms with van der Waals surface area (Å²) < 4.78 is 43.6. The molecule has 0 amide bonds. The van der Waals surface area contributed by atoms with E-state index in [2.05, 4.69) is 0 Å². The molecule has 0 aliphatic carbocycles. The van der Waals surface area contributed by atoms with Crippen LogP contribution < -0.4 is 4.74 Å². The van der Waals surface area contributed by atoms with Crippen LogP contribution in [0.5, 0.6) is 5.75 Å². The van der Waals surface area contributed by atoms with E-state index >= 15 is 0 Å². The zero-order valence-electron chi connectivity index (χ0n) is 9.89. The average Bonchev–Trinajstić information content (AvgIpc) is 2.29. The lowest BCUT2D eigenvalue weighted by Gasteiger charge is -2.34. The minimum Gasteiger partial charge on any atom is -0.478 e. The highest BCUT2D eigenvalue weighted by atomic mass is 35.5. The summed E-state index contributed by atoms with van der Waals surface area (Å²) in [5.41, 5.74) is -0.000389. The molecule has 1 heterocycles. The van der Waals surface area contributed by atoms with Gasteiger partial charge in [0.05, 0.1) is 5.03 Å². The number of halogens is 5. The Bertz CT molecular complexity index is 625. The van der Waals surface area contributed by atoms with Gasteiger partial charge in [-0.05, 0) is 18.6 Å². The van der Waals surface area contributed by atoms with Crippen LogP contribution >= 0.6 is 23.2 Å². The fraction of sp³-hybridized carbons (Fsp3) is 0.250. The number of carboxylic acids is 1. The molecule has 1 aromatic carbocycles. The molecule has 108 valence electrons. The van der Waals surface area contributed by atoms with E-state index in [9.17, 15) is 18.0 Å². The number of ether oxygens (including phenoxy) is 1. The second kappa shape index (κ2) is 4.56. The Morgan fingerprint density at radius 2 is 2.00 bits per heavy atom. The fourth-order valence-electron chi connectivity index (χ4n) is 1.80. The van der Waals surface area contributed by atoms with Crippen LogP contribution in [0.3, 0.4) is 0 Å². The summed E-state index contributed by atoms with van der Waals surface area (Å²) in [5, 5.41) is 5.05. The summed E-state index contributed by atoms with van der Waals surface area (Å²) in [4.78, 5) is 11.2. The van der Waals surface area contributed by atoms with E-state index < -0.39 is 28.0 Å². The van der Waals surface area contributed by atoms with Crippen molar-refractivity contribution in [1.82, 2.24) is 0 Å². The van der Waals surface area contributed by atoms with Gasteiger partial charge in [-0.1, -0.05) is 35.3 Å². The van der Waals surface area contributed by atoms with E-state index in [1.54, 1.807) is 0 Å². The zero-order valence-corrected chi connectivity index (χ0v) is 11.4. The molecule has 0 radical (unpaired) electrons. The topological polar surface area (TPSA) is 46.5 Å². The lowest BCUT2D eigenvalue weighted by molar-refractivity contribution is -0.199. The molecule has 1 aliphatic rings. The first-order valence-corrected chi connectivity index (χ1v) is 6.02. The third-order valence-corrected chi connectivity index (χ3v) is 3.77. The maximum Gasteiger partial charge on any atom is 0.449 e. The molecule has 0 spiro atoms. The van der Waals surface area contributed by atoms with Gasteiger partial charge in [0, 0.05) is 5.56 Å². The number of aryl methyl sites for hydroxylation is 1. The largest absolute Gasteiger partial charge is 0.478 e. The van der Waals surface area contributed by atoms with Crippen molar-refractivity contribution in [3.63, 3.8) is 0 Å². The van der Waals surface area contributed by atoms with E-state index in [0.29, 0.717) is 0 Å². The molecule has 1 aromatic rings. The number of rotatable bonds is 1. The molecule has 2 rings (SSSR count). The van der Waals surface area contributed by atoms with E-state index in [4.69, 9.17) is 33.0 Å². The Morgan fingerprint density at radius 1 is 1.40 bits per heavy atom. The first-order chi connectivity index (χ1) is 9.08. The second-order valence-corrected chi connectivity index (χ2v) is 5.11. The standard InChI is InChI=1S/C12H7Cl2F3O3/c1-5-2-3-6-4-7(13)11(14,12(15,16)17)20-9(6)8(5)10(18)19/h2-4H,1H3,(H,18,19). The lowest BCUT2D eigenvalue weighted by Crippen LogP contribution is -2.47. The number of aromatic carboxylic acids is 1. The van der Waals surface area contributed by atoms with Gasteiger partial charge in [-0.3, -0.25) is 0 Å². The van der Waals surface area contributed by atoms with Crippen LogP contribution in [0.25, 0.3) is 6.08 Å². The second-order valence-electron chi connectivity index (χ2n) is 4.17. The van der Waals surface area contributed by atoms with Gasteiger partial charge in [0.15, 0.2) is 0 Å². The van der Waals surface area contributed by atoms with Crippen molar-refractivity contribution < 1.29 is 27.8 Å². The predicted octanol–water partition coefficient (Wildman–Crippen LogP) is 4.16. The minimum absolute atomic E-state index is 0.124. The molecule has 1 unspecified atom stereocenters. The SMILES string of the molecule is Cc1ccc2c(c1C(=O)O)OC(Cl)(C(F)(F)F)C(Cl)=C2. The molecule has 0 fully saturated rings. The van der Waals surface area contributed by atoms with E-state index in [1.165, 1.54) is 19.1 Å². The molecule has 0 saturated carbocycles. The number of hydrogen-bond acceptors (Lipinski definition) is 2. The summed E-state index contributed by atoms with van der Waals surface area (Å²) in [6, 6.07) is 2.85. The van der Waals surface area contributed by atoms with Crippen molar-refractivity contribution in [3.8, 4) is 5.75 Å². The molecule has 20 heavy (non-hydrogen) atoms. The van der Waals surface area contributed by atoms with Crippen molar-refractivity contribution >= 4 is 35.2 Å². The van der Waals surface area contributed by atoms with Crippen LogP contribution in [0.2, 0.25) is 0 Å². The van der Waals surface area contributed by atoms with Crippen molar-refractivity contribution in [3.05, 3.63) is 33.9 Å². The Balaban J connectivity index is 2.70. The van der Waals surface area contributed by atoms with Gasteiger partial charge < -0.3 is 9.84 Å². The summed E-state index contributed by atoms with van der Waals surface area (Å²) in [6.07, 6.45) is -4.05. The summed E-state index contributed by atoms with van der Waals surface area (Å²) in [5.74, 6) is -1.86. The molecule has 8 heteroatoms. The quantitative estimate of drug-likeness (QED) is 0.788. The highest BCUT2D eigenvalue weighted by Crippen LogP contribution is 2.50.